The van der Waals surface area contributed by atoms with E-state index in [0.29, 0.717) is 5.56 Å². The van der Waals surface area contributed by atoms with E-state index in [0.717, 1.165) is 17.8 Å². The first-order valence-electron chi connectivity index (χ1n) is 7.08. The van der Waals surface area contributed by atoms with Crippen molar-refractivity contribution in [2.75, 3.05) is 6.54 Å². The van der Waals surface area contributed by atoms with Crippen molar-refractivity contribution in [3.63, 3.8) is 0 Å². The van der Waals surface area contributed by atoms with Gasteiger partial charge in [0.15, 0.2) is 0 Å². The van der Waals surface area contributed by atoms with Crippen molar-refractivity contribution in [2.24, 2.45) is 0 Å². The highest BCUT2D eigenvalue weighted by Gasteiger charge is 2.19. The molecule has 2 aromatic heterocycles. The fraction of sp³-hybridized carbons (Fsp3) is 0.467. The van der Waals surface area contributed by atoms with Crippen LogP contribution in [0.15, 0.2) is 23.0 Å². The van der Waals surface area contributed by atoms with Crippen LogP contribution in [0.1, 0.15) is 54.4 Å². The molecule has 1 amide bonds. The summed E-state index contributed by atoms with van der Waals surface area (Å²) < 4.78 is 1.76. The van der Waals surface area contributed by atoms with Crippen molar-refractivity contribution in [1.29, 1.82) is 0 Å². The average Bonchev–Trinajstić information content (AvgIpc) is 3.12. The molecule has 2 heterocycles. The summed E-state index contributed by atoms with van der Waals surface area (Å²) in [6.45, 7) is 6.94. The largest absolute Gasteiger partial charge is 0.387 e. The molecule has 5 nitrogen and oxygen atoms in total. The summed E-state index contributed by atoms with van der Waals surface area (Å²) in [7, 11) is 0. The minimum Gasteiger partial charge on any atom is -0.387 e. The molecule has 0 aromatic carbocycles. The average molecular weight is 307 g/mol. The highest BCUT2D eigenvalue weighted by Crippen LogP contribution is 2.19. The zero-order chi connectivity index (χ0) is 15.4. The highest BCUT2D eigenvalue weighted by atomic mass is 32.1. The third-order valence-corrected chi connectivity index (χ3v) is 3.99. The van der Waals surface area contributed by atoms with Crippen molar-refractivity contribution < 1.29 is 9.90 Å². The van der Waals surface area contributed by atoms with Gasteiger partial charge in [0.25, 0.3) is 5.91 Å². The number of thiophene rings is 1. The summed E-state index contributed by atoms with van der Waals surface area (Å²) in [5.74, 6) is -0.00646. The van der Waals surface area contributed by atoms with Gasteiger partial charge in [-0.3, -0.25) is 9.48 Å². The molecule has 6 heteroatoms. The maximum Gasteiger partial charge on any atom is 0.254 e. The van der Waals surface area contributed by atoms with E-state index in [4.69, 9.17) is 0 Å². The molecule has 1 atom stereocenters. The molecule has 0 saturated heterocycles. The lowest BCUT2D eigenvalue weighted by Gasteiger charge is -2.11. The molecule has 0 aliphatic heterocycles. The van der Waals surface area contributed by atoms with Gasteiger partial charge in [-0.15, -0.1) is 0 Å². The predicted molar refractivity (Wildman–Crippen MR) is 83.6 cm³/mol. The minimum atomic E-state index is -0.677. The Hall–Kier alpha value is -1.66. The van der Waals surface area contributed by atoms with Crippen LogP contribution in [0.4, 0.5) is 0 Å². The van der Waals surface area contributed by atoms with Gasteiger partial charge in [0, 0.05) is 19.3 Å². The molecule has 0 fully saturated rings. The second-order valence-corrected chi connectivity index (χ2v) is 6.00. The number of amides is 1. The number of hydrogen-bond donors (Lipinski definition) is 2. The summed E-state index contributed by atoms with van der Waals surface area (Å²) >= 11 is 1.53. The topological polar surface area (TPSA) is 67.2 Å². The van der Waals surface area contributed by atoms with Crippen molar-refractivity contribution in [1.82, 2.24) is 15.1 Å². The van der Waals surface area contributed by atoms with E-state index in [1.165, 1.54) is 11.3 Å². The van der Waals surface area contributed by atoms with Crippen LogP contribution in [0.3, 0.4) is 0 Å². The van der Waals surface area contributed by atoms with E-state index in [1.807, 2.05) is 37.6 Å². The number of nitrogens with one attached hydrogen (secondary N) is 1. The number of aliphatic hydroxyl groups excluding tert-OH is 1. The highest BCUT2D eigenvalue weighted by molar-refractivity contribution is 7.07. The van der Waals surface area contributed by atoms with Gasteiger partial charge in [-0.1, -0.05) is 13.8 Å². The zero-order valence-corrected chi connectivity index (χ0v) is 13.4. The quantitative estimate of drug-likeness (QED) is 0.862. The molecule has 114 valence electrons. The predicted octanol–water partition coefficient (Wildman–Crippen LogP) is 2.55. The van der Waals surface area contributed by atoms with Crippen LogP contribution >= 0.6 is 11.3 Å². The Labute approximate surface area is 128 Å². The number of aromatic nitrogens is 2. The van der Waals surface area contributed by atoms with Gasteiger partial charge in [-0.05, 0) is 35.2 Å². The second-order valence-electron chi connectivity index (χ2n) is 5.22. The lowest BCUT2D eigenvalue weighted by molar-refractivity contribution is 0.0915. The zero-order valence-electron chi connectivity index (χ0n) is 12.5. The van der Waals surface area contributed by atoms with E-state index in [9.17, 15) is 9.90 Å². The molecule has 2 rings (SSSR count). The van der Waals surface area contributed by atoms with E-state index in [-0.39, 0.29) is 18.4 Å². The smallest absolute Gasteiger partial charge is 0.254 e. The second kappa shape index (κ2) is 6.87. The number of rotatable bonds is 6. The first kappa shape index (κ1) is 15.7. The molecule has 0 saturated carbocycles. The fourth-order valence-electron chi connectivity index (χ4n) is 2.07. The van der Waals surface area contributed by atoms with Crippen molar-refractivity contribution >= 4 is 17.2 Å². The van der Waals surface area contributed by atoms with E-state index < -0.39 is 6.10 Å². The van der Waals surface area contributed by atoms with E-state index in [2.05, 4.69) is 10.4 Å². The van der Waals surface area contributed by atoms with Gasteiger partial charge in [-0.25, -0.2) is 0 Å². The number of hydrogen-bond acceptors (Lipinski definition) is 4. The van der Waals surface area contributed by atoms with Crippen LogP contribution in [0.25, 0.3) is 0 Å². The first-order valence-corrected chi connectivity index (χ1v) is 8.02. The molecule has 0 aliphatic carbocycles. The van der Waals surface area contributed by atoms with Crippen LogP contribution in [0, 0.1) is 0 Å². The molecule has 2 aromatic rings. The number of nitrogens with zero attached hydrogens (tertiary/aromatic N) is 2. The van der Waals surface area contributed by atoms with Gasteiger partial charge in [0.2, 0.25) is 0 Å². The molecular weight excluding hydrogens is 286 g/mol. The van der Waals surface area contributed by atoms with Crippen molar-refractivity contribution in [3.8, 4) is 0 Å². The molecule has 21 heavy (non-hydrogen) atoms. The minimum absolute atomic E-state index is 0.181. The van der Waals surface area contributed by atoms with Crippen LogP contribution in [-0.2, 0) is 6.54 Å². The van der Waals surface area contributed by atoms with Gasteiger partial charge in [0.1, 0.15) is 0 Å². The SMILES string of the molecule is CCn1cc(C(=O)NCC(O)c2ccsc2)c(C(C)C)n1. The Bertz CT molecular complexity index is 590. The number of aliphatic hydroxyl groups is 1. The van der Waals surface area contributed by atoms with Crippen LogP contribution < -0.4 is 5.32 Å². The number of aryl methyl sites for hydroxylation is 1. The standard InChI is InChI=1S/C15H21N3O2S/c1-4-18-8-12(14(17-18)10(2)3)15(20)16-7-13(19)11-5-6-21-9-11/h5-6,8-10,13,19H,4,7H2,1-3H3,(H,16,20). The van der Waals surface area contributed by atoms with Crippen molar-refractivity contribution in [2.45, 2.75) is 39.3 Å². The number of carbonyl (C=O) groups is 1. The Kier molecular flexibility index (Phi) is 5.14. The molecule has 0 radical (unpaired) electrons. The Morgan fingerprint density at radius 2 is 2.29 bits per heavy atom. The lowest BCUT2D eigenvalue weighted by Crippen LogP contribution is -2.28. The monoisotopic (exact) mass is 307 g/mol. The Morgan fingerprint density at radius 3 is 2.86 bits per heavy atom. The molecule has 2 N–H and O–H groups in total. The van der Waals surface area contributed by atoms with E-state index in [1.54, 1.807) is 10.9 Å². The third kappa shape index (κ3) is 3.71. The fourth-order valence-corrected chi connectivity index (χ4v) is 2.77. The maximum absolute atomic E-state index is 12.3. The molecule has 1 unspecified atom stereocenters. The van der Waals surface area contributed by atoms with Crippen LogP contribution in [0.2, 0.25) is 0 Å². The van der Waals surface area contributed by atoms with Gasteiger partial charge in [0.05, 0.1) is 17.4 Å². The van der Waals surface area contributed by atoms with Crippen LogP contribution in [-0.4, -0.2) is 27.3 Å². The summed E-state index contributed by atoms with van der Waals surface area (Å²) in [5, 5.41) is 21.0. The summed E-state index contributed by atoms with van der Waals surface area (Å²) in [4.78, 5) is 12.3. The maximum atomic E-state index is 12.3. The normalized spacial score (nSPS) is 12.6. The molecular formula is C15H21N3O2S. The Balaban J connectivity index is 2.04. The Morgan fingerprint density at radius 1 is 1.52 bits per heavy atom. The lowest BCUT2D eigenvalue weighted by atomic mass is 10.1. The molecule has 0 bridgehead atoms. The summed E-state index contributed by atoms with van der Waals surface area (Å²) in [6.07, 6.45) is 1.09. The third-order valence-electron chi connectivity index (χ3n) is 3.29. The molecule has 0 spiro atoms. The van der Waals surface area contributed by atoms with Crippen LogP contribution in [0.5, 0.6) is 0 Å². The summed E-state index contributed by atoms with van der Waals surface area (Å²) in [6, 6.07) is 1.86. The summed E-state index contributed by atoms with van der Waals surface area (Å²) in [5.41, 5.74) is 2.21. The number of carbonyl (C=O) groups excluding carboxylic acids is 1. The van der Waals surface area contributed by atoms with Gasteiger partial charge < -0.3 is 10.4 Å². The molecule has 0 aliphatic rings. The van der Waals surface area contributed by atoms with Gasteiger partial charge in [-0.2, -0.15) is 16.4 Å². The van der Waals surface area contributed by atoms with E-state index >= 15 is 0 Å². The van der Waals surface area contributed by atoms with Crippen molar-refractivity contribution in [3.05, 3.63) is 39.8 Å². The first-order chi connectivity index (χ1) is 10.0. The van der Waals surface area contributed by atoms with Gasteiger partial charge >= 0.3 is 0 Å².